The maximum Gasteiger partial charge on any atom is 0.148 e. The highest BCUT2D eigenvalue weighted by molar-refractivity contribution is 7.79. The highest BCUT2D eigenvalue weighted by atomic mass is 31.2. The molecule has 0 saturated carbocycles. The van der Waals surface area contributed by atoms with E-state index in [0.717, 1.165) is 10.6 Å². The van der Waals surface area contributed by atoms with E-state index in [4.69, 9.17) is 5.21 Å². The minimum Gasteiger partial charge on any atom is -0.411 e. The molecule has 19 heavy (non-hydrogen) atoms. The molecule has 0 aliphatic rings. The fourth-order valence-corrected chi connectivity index (χ4v) is 4.70. The van der Waals surface area contributed by atoms with Crippen LogP contribution in [-0.2, 0) is 4.57 Å². The molecule has 0 aromatic heterocycles. The minimum atomic E-state index is -2.79. The maximum atomic E-state index is 13.4. The summed E-state index contributed by atoms with van der Waals surface area (Å²) in [5.41, 5.74) is 0.469. The summed E-state index contributed by atoms with van der Waals surface area (Å²) in [7, 11) is -2.79. The Morgan fingerprint density at radius 3 is 1.79 bits per heavy atom. The first-order valence-electron chi connectivity index (χ1n) is 6.04. The molecule has 0 amide bonds. The van der Waals surface area contributed by atoms with E-state index in [9.17, 15) is 4.57 Å². The summed E-state index contributed by atoms with van der Waals surface area (Å²) >= 11 is 0. The van der Waals surface area contributed by atoms with E-state index in [1.54, 1.807) is 6.92 Å². The molecular formula is C15H16NO2P. The summed E-state index contributed by atoms with van der Waals surface area (Å²) in [5.74, 6) is 0. The second-order valence-electron chi connectivity index (χ2n) is 4.40. The average Bonchev–Trinajstić information content (AvgIpc) is 2.48. The van der Waals surface area contributed by atoms with Gasteiger partial charge in [-0.1, -0.05) is 65.8 Å². The molecule has 4 heteroatoms. The van der Waals surface area contributed by atoms with Gasteiger partial charge in [-0.15, -0.1) is 0 Å². The SMILES string of the molecule is C/C(CP(=O)(c1ccccc1)c1ccccc1)=N\O. The van der Waals surface area contributed by atoms with Crippen LogP contribution in [0.25, 0.3) is 0 Å². The largest absolute Gasteiger partial charge is 0.411 e. The van der Waals surface area contributed by atoms with Crippen LogP contribution in [0, 0.1) is 0 Å². The summed E-state index contributed by atoms with van der Waals surface area (Å²) in [6.45, 7) is 1.68. The Bertz CT molecular complexity index is 565. The molecule has 0 bridgehead atoms. The predicted molar refractivity (Wildman–Crippen MR) is 79.5 cm³/mol. The van der Waals surface area contributed by atoms with Gasteiger partial charge in [-0.25, -0.2) is 0 Å². The Morgan fingerprint density at radius 1 is 1.00 bits per heavy atom. The molecule has 0 radical (unpaired) electrons. The Labute approximate surface area is 113 Å². The van der Waals surface area contributed by atoms with Crippen LogP contribution in [-0.4, -0.2) is 17.1 Å². The molecule has 0 fully saturated rings. The lowest BCUT2D eigenvalue weighted by molar-refractivity contribution is 0.318. The average molecular weight is 273 g/mol. The molecule has 98 valence electrons. The molecule has 0 aliphatic heterocycles. The number of benzene rings is 2. The highest BCUT2D eigenvalue weighted by Crippen LogP contribution is 2.43. The molecule has 0 atom stereocenters. The fraction of sp³-hybridized carbons (Fsp3) is 0.133. The van der Waals surface area contributed by atoms with Crippen LogP contribution in [0.2, 0.25) is 0 Å². The van der Waals surface area contributed by atoms with Gasteiger partial charge in [0, 0.05) is 10.6 Å². The molecule has 2 rings (SSSR count). The maximum absolute atomic E-state index is 13.4. The summed E-state index contributed by atoms with van der Waals surface area (Å²) in [6, 6.07) is 18.7. The standard InChI is InChI=1S/C15H16NO2P/c1-13(16-17)12-19(18,14-8-4-2-5-9-14)15-10-6-3-7-11-15/h2-11,17H,12H2,1H3/b16-13+. The molecular weight excluding hydrogens is 257 g/mol. The van der Waals surface area contributed by atoms with Crippen LogP contribution in [0.5, 0.6) is 0 Å². The van der Waals surface area contributed by atoms with Crippen LogP contribution in [0.3, 0.4) is 0 Å². The number of oxime groups is 1. The Kier molecular flexibility index (Phi) is 4.18. The molecule has 1 N–H and O–H groups in total. The third-order valence-corrected chi connectivity index (χ3v) is 6.14. The third kappa shape index (κ3) is 2.94. The monoisotopic (exact) mass is 273 g/mol. The zero-order valence-electron chi connectivity index (χ0n) is 10.7. The molecule has 0 saturated heterocycles. The van der Waals surface area contributed by atoms with Gasteiger partial charge in [-0.3, -0.25) is 0 Å². The van der Waals surface area contributed by atoms with Gasteiger partial charge >= 0.3 is 0 Å². The number of rotatable bonds is 4. The van der Waals surface area contributed by atoms with Crippen LogP contribution in [0.1, 0.15) is 6.92 Å². The third-order valence-electron chi connectivity index (χ3n) is 2.97. The summed E-state index contributed by atoms with van der Waals surface area (Å²) in [6.07, 6.45) is 0.248. The molecule has 2 aromatic rings. The molecule has 0 spiro atoms. The lowest BCUT2D eigenvalue weighted by atomic mass is 10.4. The quantitative estimate of drug-likeness (QED) is 0.403. The Balaban J connectivity index is 2.54. The Hall–Kier alpha value is -1.86. The second kappa shape index (κ2) is 5.85. The number of hydrogen-bond donors (Lipinski definition) is 1. The molecule has 3 nitrogen and oxygen atoms in total. The van der Waals surface area contributed by atoms with Gasteiger partial charge in [-0.2, -0.15) is 0 Å². The molecule has 0 heterocycles. The van der Waals surface area contributed by atoms with Gasteiger partial charge in [0.1, 0.15) is 7.14 Å². The zero-order valence-corrected chi connectivity index (χ0v) is 11.6. The van der Waals surface area contributed by atoms with Crippen molar-refractivity contribution >= 4 is 23.5 Å². The topological polar surface area (TPSA) is 49.7 Å². The fourth-order valence-electron chi connectivity index (χ4n) is 2.02. The first-order valence-corrected chi connectivity index (χ1v) is 7.94. The predicted octanol–water partition coefficient (Wildman–Crippen LogP) is 2.85. The smallest absolute Gasteiger partial charge is 0.148 e. The van der Waals surface area contributed by atoms with Crippen molar-refractivity contribution in [1.29, 1.82) is 0 Å². The van der Waals surface area contributed by atoms with Gasteiger partial charge in [0.25, 0.3) is 0 Å². The van der Waals surface area contributed by atoms with E-state index in [1.165, 1.54) is 0 Å². The number of nitrogens with zero attached hydrogens (tertiary/aromatic N) is 1. The van der Waals surface area contributed by atoms with Gasteiger partial charge in [0.05, 0.1) is 11.9 Å². The van der Waals surface area contributed by atoms with E-state index in [-0.39, 0.29) is 6.16 Å². The zero-order chi connectivity index (χ0) is 13.7. The van der Waals surface area contributed by atoms with E-state index in [1.807, 2.05) is 60.7 Å². The lowest BCUT2D eigenvalue weighted by Gasteiger charge is -2.18. The van der Waals surface area contributed by atoms with Gasteiger partial charge < -0.3 is 9.77 Å². The minimum absolute atomic E-state index is 0.248. The van der Waals surface area contributed by atoms with E-state index in [0.29, 0.717) is 5.71 Å². The van der Waals surface area contributed by atoms with Crippen molar-refractivity contribution in [3.63, 3.8) is 0 Å². The summed E-state index contributed by atoms with van der Waals surface area (Å²) in [4.78, 5) is 0. The van der Waals surface area contributed by atoms with Crippen molar-refractivity contribution < 1.29 is 9.77 Å². The molecule has 2 aromatic carbocycles. The Morgan fingerprint density at radius 2 is 1.42 bits per heavy atom. The second-order valence-corrected chi connectivity index (χ2v) is 7.23. The van der Waals surface area contributed by atoms with Crippen molar-refractivity contribution in [2.45, 2.75) is 6.92 Å². The van der Waals surface area contributed by atoms with Crippen molar-refractivity contribution in [3.05, 3.63) is 60.7 Å². The van der Waals surface area contributed by atoms with Gasteiger partial charge in [0.15, 0.2) is 0 Å². The molecule has 0 unspecified atom stereocenters. The van der Waals surface area contributed by atoms with Crippen molar-refractivity contribution in [3.8, 4) is 0 Å². The van der Waals surface area contributed by atoms with Crippen molar-refractivity contribution in [2.24, 2.45) is 5.16 Å². The molecule has 0 aliphatic carbocycles. The van der Waals surface area contributed by atoms with Crippen LogP contribution < -0.4 is 10.6 Å². The first kappa shape index (κ1) is 13.6. The van der Waals surface area contributed by atoms with Crippen molar-refractivity contribution in [1.82, 2.24) is 0 Å². The van der Waals surface area contributed by atoms with Gasteiger partial charge in [-0.05, 0) is 6.92 Å². The summed E-state index contributed by atoms with van der Waals surface area (Å²) in [5, 5.41) is 13.6. The van der Waals surface area contributed by atoms with E-state index >= 15 is 0 Å². The lowest BCUT2D eigenvalue weighted by Crippen LogP contribution is -2.21. The first-order chi connectivity index (χ1) is 9.16. The van der Waals surface area contributed by atoms with E-state index < -0.39 is 7.14 Å². The highest BCUT2D eigenvalue weighted by Gasteiger charge is 2.27. The normalized spacial score (nSPS) is 12.4. The van der Waals surface area contributed by atoms with Gasteiger partial charge in [0.2, 0.25) is 0 Å². The summed E-state index contributed by atoms with van der Waals surface area (Å²) < 4.78 is 13.4. The number of hydrogen-bond acceptors (Lipinski definition) is 3. The van der Waals surface area contributed by atoms with Crippen LogP contribution >= 0.6 is 7.14 Å². The van der Waals surface area contributed by atoms with Crippen LogP contribution in [0.4, 0.5) is 0 Å². The van der Waals surface area contributed by atoms with Crippen LogP contribution in [0.15, 0.2) is 65.8 Å². The van der Waals surface area contributed by atoms with Crippen molar-refractivity contribution in [2.75, 3.05) is 6.16 Å². The van der Waals surface area contributed by atoms with E-state index in [2.05, 4.69) is 5.16 Å².